The number of amides is 1. The molecule has 0 heterocycles. The monoisotopic (exact) mass is 380 g/mol. The molecule has 0 spiro atoms. The molecule has 150 valence electrons. The maximum absolute atomic E-state index is 11.7. The van der Waals surface area contributed by atoms with Gasteiger partial charge in [-0.15, -0.1) is 0 Å². The second-order valence-corrected chi connectivity index (χ2v) is 6.97. The summed E-state index contributed by atoms with van der Waals surface area (Å²) >= 11 is 0. The number of guanidine groups is 1. The van der Waals surface area contributed by atoms with Crippen molar-refractivity contribution in [3.05, 3.63) is 71.8 Å². The van der Waals surface area contributed by atoms with Gasteiger partial charge in [0, 0.05) is 31.5 Å². The van der Waals surface area contributed by atoms with Crippen molar-refractivity contribution in [3.8, 4) is 0 Å². The number of nitrogens with zero attached hydrogens (tertiary/aromatic N) is 1. The highest BCUT2D eigenvalue weighted by molar-refractivity contribution is 5.80. The first-order valence-corrected chi connectivity index (χ1v) is 10.0. The van der Waals surface area contributed by atoms with Gasteiger partial charge in [-0.1, -0.05) is 74.5 Å². The molecule has 0 aliphatic heterocycles. The lowest BCUT2D eigenvalue weighted by Gasteiger charge is -2.18. The fourth-order valence-corrected chi connectivity index (χ4v) is 2.87. The maximum atomic E-state index is 11.7. The molecule has 28 heavy (non-hydrogen) atoms. The lowest BCUT2D eigenvalue weighted by Crippen LogP contribution is -2.42. The summed E-state index contributed by atoms with van der Waals surface area (Å²) in [6.07, 6.45) is 0. The summed E-state index contributed by atoms with van der Waals surface area (Å²) in [6, 6.07) is 20.9. The van der Waals surface area contributed by atoms with Crippen molar-refractivity contribution >= 4 is 11.9 Å². The Balaban J connectivity index is 2.03. The zero-order chi connectivity index (χ0) is 20.2. The van der Waals surface area contributed by atoms with Crippen molar-refractivity contribution in [3.63, 3.8) is 0 Å². The Kier molecular flexibility index (Phi) is 9.05. The fourth-order valence-electron chi connectivity index (χ4n) is 2.87. The number of hydrogen-bond acceptors (Lipinski definition) is 2. The van der Waals surface area contributed by atoms with Gasteiger partial charge in [-0.2, -0.15) is 0 Å². The molecule has 0 aliphatic carbocycles. The fraction of sp³-hybridized carbons (Fsp3) is 0.391. The number of rotatable bonds is 9. The van der Waals surface area contributed by atoms with Crippen LogP contribution >= 0.6 is 0 Å². The summed E-state index contributed by atoms with van der Waals surface area (Å²) in [6.45, 7) is 8.45. The average Bonchev–Trinajstić information content (AvgIpc) is 2.72. The highest BCUT2D eigenvalue weighted by Crippen LogP contribution is 2.24. The number of aliphatic imine (C=N–C) groups is 1. The minimum absolute atomic E-state index is 0.000549. The van der Waals surface area contributed by atoms with Gasteiger partial charge in [-0.05, 0) is 18.1 Å². The molecule has 5 nitrogen and oxygen atoms in total. The summed E-state index contributed by atoms with van der Waals surface area (Å²) in [5.74, 6) is 1.02. The molecule has 3 N–H and O–H groups in total. The van der Waals surface area contributed by atoms with Crippen LogP contribution < -0.4 is 16.0 Å². The van der Waals surface area contributed by atoms with Crippen LogP contribution in [0, 0.1) is 5.92 Å². The predicted octanol–water partition coefficient (Wildman–Crippen LogP) is 3.15. The molecule has 0 fully saturated rings. The lowest BCUT2D eigenvalue weighted by molar-refractivity contribution is -0.123. The van der Waals surface area contributed by atoms with Gasteiger partial charge in [0.05, 0.1) is 6.54 Å². The standard InChI is InChI=1S/C23H32N4O/c1-4-24-23(26-16-15-25-22(28)18(2)3)27-17-21(19-11-7-5-8-12-19)20-13-9-6-10-14-20/h5-14,18,21H,4,15-17H2,1-3H3,(H,25,28)(H2,24,26,27). The molecule has 2 aromatic rings. The Morgan fingerprint density at radius 2 is 1.39 bits per heavy atom. The first kappa shape index (κ1) is 21.5. The van der Waals surface area contributed by atoms with Crippen LogP contribution in [0.25, 0.3) is 0 Å². The quantitative estimate of drug-likeness (QED) is 0.356. The minimum Gasteiger partial charge on any atom is -0.357 e. The van der Waals surface area contributed by atoms with Crippen molar-refractivity contribution in [2.75, 3.05) is 26.2 Å². The Bertz CT molecular complexity index is 689. The molecule has 0 radical (unpaired) electrons. The van der Waals surface area contributed by atoms with Gasteiger partial charge >= 0.3 is 0 Å². The predicted molar refractivity (Wildman–Crippen MR) is 117 cm³/mol. The van der Waals surface area contributed by atoms with Crippen molar-refractivity contribution in [1.82, 2.24) is 16.0 Å². The largest absolute Gasteiger partial charge is 0.357 e. The molecule has 0 atom stereocenters. The number of carbonyl (C=O) groups excluding carboxylic acids is 1. The Labute approximate surface area is 168 Å². The highest BCUT2D eigenvalue weighted by atomic mass is 16.1. The third-order valence-electron chi connectivity index (χ3n) is 4.42. The Hall–Kier alpha value is -2.82. The van der Waals surface area contributed by atoms with Crippen LogP contribution in [-0.4, -0.2) is 38.0 Å². The molecule has 5 heteroatoms. The number of benzene rings is 2. The molecule has 0 bridgehead atoms. The van der Waals surface area contributed by atoms with Crippen LogP contribution in [0.3, 0.4) is 0 Å². The second kappa shape index (κ2) is 11.8. The Morgan fingerprint density at radius 1 is 0.857 bits per heavy atom. The van der Waals surface area contributed by atoms with Crippen LogP contribution in [0.15, 0.2) is 65.7 Å². The summed E-state index contributed by atoms with van der Waals surface area (Å²) in [7, 11) is 0. The van der Waals surface area contributed by atoms with Crippen LogP contribution in [0.1, 0.15) is 37.8 Å². The smallest absolute Gasteiger partial charge is 0.222 e. The van der Waals surface area contributed by atoms with Gasteiger partial charge in [0.2, 0.25) is 5.91 Å². The van der Waals surface area contributed by atoms with Gasteiger partial charge < -0.3 is 16.0 Å². The highest BCUT2D eigenvalue weighted by Gasteiger charge is 2.13. The molecule has 0 aromatic heterocycles. The molecule has 1 amide bonds. The van der Waals surface area contributed by atoms with E-state index in [0.29, 0.717) is 19.6 Å². The van der Waals surface area contributed by atoms with E-state index < -0.39 is 0 Å². The SMILES string of the molecule is CCNC(=NCC(c1ccccc1)c1ccccc1)NCCNC(=O)C(C)C. The topological polar surface area (TPSA) is 65.5 Å². The first-order valence-electron chi connectivity index (χ1n) is 10.0. The molecular weight excluding hydrogens is 348 g/mol. The van der Waals surface area contributed by atoms with Crippen LogP contribution in [0.4, 0.5) is 0 Å². The zero-order valence-corrected chi connectivity index (χ0v) is 17.1. The summed E-state index contributed by atoms with van der Waals surface area (Å²) in [5.41, 5.74) is 2.50. The third kappa shape index (κ3) is 7.06. The lowest BCUT2D eigenvalue weighted by atomic mass is 9.91. The molecule has 0 aliphatic rings. The van der Waals surface area contributed by atoms with E-state index in [4.69, 9.17) is 4.99 Å². The van der Waals surface area contributed by atoms with Crippen molar-refractivity contribution in [2.24, 2.45) is 10.9 Å². The van der Waals surface area contributed by atoms with E-state index in [2.05, 4.69) is 64.5 Å². The molecule has 2 rings (SSSR count). The van der Waals surface area contributed by atoms with E-state index in [9.17, 15) is 4.79 Å². The van der Waals surface area contributed by atoms with Crippen molar-refractivity contribution in [1.29, 1.82) is 0 Å². The van der Waals surface area contributed by atoms with E-state index >= 15 is 0 Å². The van der Waals surface area contributed by atoms with Gasteiger partial charge in [0.1, 0.15) is 0 Å². The van der Waals surface area contributed by atoms with Crippen molar-refractivity contribution < 1.29 is 4.79 Å². The average molecular weight is 381 g/mol. The summed E-state index contributed by atoms with van der Waals surface area (Å²) in [5, 5.41) is 9.49. The van der Waals surface area contributed by atoms with Crippen molar-refractivity contribution in [2.45, 2.75) is 26.7 Å². The number of nitrogens with one attached hydrogen (secondary N) is 3. The van der Waals surface area contributed by atoms with Gasteiger partial charge in [-0.3, -0.25) is 9.79 Å². The van der Waals surface area contributed by atoms with Crippen LogP contribution in [-0.2, 0) is 4.79 Å². The Morgan fingerprint density at radius 3 is 1.89 bits per heavy atom. The molecule has 0 saturated carbocycles. The summed E-state index contributed by atoms with van der Waals surface area (Å²) < 4.78 is 0. The van der Waals surface area contributed by atoms with E-state index in [0.717, 1.165) is 12.5 Å². The van der Waals surface area contributed by atoms with Gasteiger partial charge in [-0.25, -0.2) is 0 Å². The normalized spacial score (nSPS) is 11.5. The number of carbonyl (C=O) groups is 1. The van der Waals surface area contributed by atoms with Gasteiger partial charge in [0.15, 0.2) is 5.96 Å². The minimum atomic E-state index is -0.000549. The first-order chi connectivity index (χ1) is 13.6. The molecule has 0 unspecified atom stereocenters. The van der Waals surface area contributed by atoms with E-state index in [-0.39, 0.29) is 17.7 Å². The molecule has 2 aromatic carbocycles. The number of hydrogen-bond donors (Lipinski definition) is 3. The molecule has 0 saturated heterocycles. The van der Waals surface area contributed by atoms with Crippen LogP contribution in [0.5, 0.6) is 0 Å². The molecular formula is C23H32N4O. The van der Waals surface area contributed by atoms with E-state index in [1.54, 1.807) is 0 Å². The van der Waals surface area contributed by atoms with Crippen LogP contribution in [0.2, 0.25) is 0 Å². The zero-order valence-electron chi connectivity index (χ0n) is 17.1. The van der Waals surface area contributed by atoms with E-state index in [1.165, 1.54) is 11.1 Å². The van der Waals surface area contributed by atoms with Gasteiger partial charge in [0.25, 0.3) is 0 Å². The second-order valence-electron chi connectivity index (χ2n) is 6.97. The summed E-state index contributed by atoms with van der Waals surface area (Å²) in [4.78, 5) is 16.5. The third-order valence-corrected chi connectivity index (χ3v) is 4.42. The maximum Gasteiger partial charge on any atom is 0.222 e. The van der Waals surface area contributed by atoms with E-state index in [1.807, 2.05) is 32.9 Å².